The Morgan fingerprint density at radius 1 is 1.11 bits per heavy atom. The molecular formula is C8H9F6N5. The van der Waals surface area contributed by atoms with Crippen molar-refractivity contribution in [3.8, 4) is 0 Å². The van der Waals surface area contributed by atoms with Crippen molar-refractivity contribution in [3.05, 3.63) is 11.8 Å². The lowest BCUT2D eigenvalue weighted by Crippen LogP contribution is -2.19. The number of nitrogens with zero attached hydrogens (tertiary/aromatic N) is 2. The molecule has 0 amide bonds. The first-order valence-electron chi connectivity index (χ1n) is 4.85. The molecule has 0 aliphatic heterocycles. The largest absolute Gasteiger partial charge is 0.433 e. The van der Waals surface area contributed by atoms with E-state index >= 15 is 0 Å². The van der Waals surface area contributed by atoms with Crippen LogP contribution < -0.4 is 16.6 Å². The van der Waals surface area contributed by atoms with Crippen LogP contribution in [0.4, 0.5) is 38.1 Å². The number of hydrogen-bond donors (Lipinski definition) is 3. The van der Waals surface area contributed by atoms with Gasteiger partial charge in [-0.1, -0.05) is 0 Å². The Morgan fingerprint density at radius 3 is 2.21 bits per heavy atom. The summed E-state index contributed by atoms with van der Waals surface area (Å²) < 4.78 is 72.9. The number of anilines is 2. The lowest BCUT2D eigenvalue weighted by Gasteiger charge is -2.12. The normalized spacial score (nSPS) is 12.4. The summed E-state index contributed by atoms with van der Waals surface area (Å²) in [6, 6.07) is 0.497. The van der Waals surface area contributed by atoms with E-state index in [1.54, 1.807) is 5.43 Å². The van der Waals surface area contributed by atoms with Crippen LogP contribution in [0.15, 0.2) is 6.07 Å². The van der Waals surface area contributed by atoms with Crippen LogP contribution in [0.25, 0.3) is 0 Å². The van der Waals surface area contributed by atoms with Crippen LogP contribution >= 0.6 is 0 Å². The third-order valence-corrected chi connectivity index (χ3v) is 1.86. The van der Waals surface area contributed by atoms with Crippen molar-refractivity contribution in [1.29, 1.82) is 0 Å². The molecule has 0 radical (unpaired) electrons. The molecule has 1 heterocycles. The van der Waals surface area contributed by atoms with E-state index in [0.29, 0.717) is 6.07 Å². The maximum atomic E-state index is 12.4. The minimum Gasteiger partial charge on any atom is -0.370 e. The van der Waals surface area contributed by atoms with E-state index in [-0.39, 0.29) is 0 Å². The minimum atomic E-state index is -4.75. The Labute approximate surface area is 103 Å². The highest BCUT2D eigenvalue weighted by molar-refractivity contribution is 5.42. The molecule has 0 saturated heterocycles. The van der Waals surface area contributed by atoms with Gasteiger partial charge in [0.25, 0.3) is 0 Å². The molecular weight excluding hydrogens is 280 g/mol. The van der Waals surface area contributed by atoms with Crippen molar-refractivity contribution < 1.29 is 26.3 Å². The quantitative estimate of drug-likeness (QED) is 0.450. The van der Waals surface area contributed by atoms with Crippen LogP contribution in [-0.2, 0) is 6.18 Å². The molecule has 0 bridgehead atoms. The van der Waals surface area contributed by atoms with Crippen LogP contribution in [0.3, 0.4) is 0 Å². The zero-order valence-corrected chi connectivity index (χ0v) is 9.23. The zero-order valence-electron chi connectivity index (χ0n) is 9.23. The number of nitrogens with one attached hydrogen (secondary N) is 2. The summed E-state index contributed by atoms with van der Waals surface area (Å²) in [7, 11) is 0. The van der Waals surface area contributed by atoms with Gasteiger partial charge in [0.2, 0.25) is 5.95 Å². The fourth-order valence-electron chi connectivity index (χ4n) is 1.08. The summed E-state index contributed by atoms with van der Waals surface area (Å²) in [5.74, 6) is 3.92. The van der Waals surface area contributed by atoms with Gasteiger partial charge in [0, 0.05) is 12.6 Å². The number of aromatic nitrogens is 2. The van der Waals surface area contributed by atoms with Gasteiger partial charge in [-0.3, -0.25) is 5.43 Å². The molecule has 0 spiro atoms. The Kier molecular flexibility index (Phi) is 4.39. The van der Waals surface area contributed by atoms with Gasteiger partial charge in [0.15, 0.2) is 5.69 Å². The maximum Gasteiger partial charge on any atom is 0.433 e. The Morgan fingerprint density at radius 2 is 1.74 bits per heavy atom. The van der Waals surface area contributed by atoms with Crippen LogP contribution in [0.5, 0.6) is 0 Å². The first kappa shape index (κ1) is 15.3. The SMILES string of the molecule is NNc1nc(NCCC(F)(F)F)cc(C(F)(F)F)n1. The monoisotopic (exact) mass is 289 g/mol. The number of hydrazine groups is 1. The zero-order chi connectivity index (χ0) is 14.7. The van der Waals surface area contributed by atoms with Gasteiger partial charge < -0.3 is 5.32 Å². The fourth-order valence-corrected chi connectivity index (χ4v) is 1.08. The molecule has 0 fully saturated rings. The predicted molar refractivity (Wildman–Crippen MR) is 54.0 cm³/mol. The van der Waals surface area contributed by atoms with Crippen molar-refractivity contribution in [1.82, 2.24) is 9.97 Å². The van der Waals surface area contributed by atoms with E-state index in [4.69, 9.17) is 5.84 Å². The summed E-state index contributed by atoms with van der Waals surface area (Å²) in [6.45, 7) is -0.609. The second kappa shape index (κ2) is 5.47. The predicted octanol–water partition coefficient (Wildman–Crippen LogP) is 2.15. The van der Waals surface area contributed by atoms with Crippen molar-refractivity contribution >= 4 is 11.8 Å². The molecule has 0 aliphatic rings. The second-order valence-electron chi connectivity index (χ2n) is 3.40. The highest BCUT2D eigenvalue weighted by Crippen LogP contribution is 2.29. The first-order valence-corrected chi connectivity index (χ1v) is 4.85. The number of hydrogen-bond acceptors (Lipinski definition) is 5. The van der Waals surface area contributed by atoms with Crippen molar-refractivity contribution in [3.63, 3.8) is 0 Å². The molecule has 1 rings (SSSR count). The molecule has 108 valence electrons. The molecule has 0 saturated carbocycles. The van der Waals surface area contributed by atoms with E-state index in [0.717, 1.165) is 0 Å². The van der Waals surface area contributed by atoms with E-state index in [1.807, 2.05) is 0 Å². The van der Waals surface area contributed by atoms with Crippen LogP contribution in [0.2, 0.25) is 0 Å². The van der Waals surface area contributed by atoms with Gasteiger partial charge >= 0.3 is 12.4 Å². The van der Waals surface area contributed by atoms with E-state index in [9.17, 15) is 26.3 Å². The number of halogens is 6. The summed E-state index contributed by atoms with van der Waals surface area (Å²) in [5.41, 5.74) is 0.487. The smallest absolute Gasteiger partial charge is 0.370 e. The summed E-state index contributed by atoms with van der Waals surface area (Å²) in [4.78, 5) is 6.50. The van der Waals surface area contributed by atoms with Gasteiger partial charge in [-0.15, -0.1) is 0 Å². The van der Waals surface area contributed by atoms with Gasteiger partial charge in [-0.25, -0.2) is 10.8 Å². The summed E-state index contributed by atoms with van der Waals surface area (Å²) >= 11 is 0. The molecule has 5 nitrogen and oxygen atoms in total. The third-order valence-electron chi connectivity index (χ3n) is 1.86. The molecule has 0 aromatic carbocycles. The molecule has 4 N–H and O–H groups in total. The highest BCUT2D eigenvalue weighted by Gasteiger charge is 2.34. The average Bonchev–Trinajstić information content (AvgIpc) is 2.25. The van der Waals surface area contributed by atoms with Crippen molar-refractivity contribution in [2.45, 2.75) is 18.8 Å². The molecule has 1 aromatic heterocycles. The van der Waals surface area contributed by atoms with Crippen LogP contribution in [0.1, 0.15) is 12.1 Å². The Balaban J connectivity index is 2.83. The lowest BCUT2D eigenvalue weighted by atomic mass is 10.3. The molecule has 0 aliphatic carbocycles. The van der Waals surface area contributed by atoms with Gasteiger partial charge in [-0.05, 0) is 0 Å². The molecule has 19 heavy (non-hydrogen) atoms. The summed E-state index contributed by atoms with van der Waals surface area (Å²) in [6.07, 6.45) is -10.4. The summed E-state index contributed by atoms with van der Waals surface area (Å²) in [5, 5.41) is 2.12. The first-order chi connectivity index (χ1) is 8.62. The van der Waals surface area contributed by atoms with E-state index in [1.165, 1.54) is 0 Å². The number of rotatable bonds is 4. The van der Waals surface area contributed by atoms with Crippen LogP contribution in [0, 0.1) is 0 Å². The molecule has 1 aromatic rings. The number of nitrogen functional groups attached to an aromatic ring is 1. The number of alkyl halides is 6. The van der Waals surface area contributed by atoms with Gasteiger partial charge in [-0.2, -0.15) is 31.3 Å². The van der Waals surface area contributed by atoms with E-state index in [2.05, 4.69) is 15.3 Å². The standard InChI is InChI=1S/C8H9F6N5/c9-7(10,11)1-2-16-5-3-4(8(12,13)14)17-6(18-5)19-15/h3H,1-2,15H2,(H2,16,17,18,19). The molecule has 0 atom stereocenters. The van der Waals surface area contributed by atoms with Gasteiger partial charge in [0.05, 0.1) is 6.42 Å². The average molecular weight is 289 g/mol. The fraction of sp³-hybridized carbons (Fsp3) is 0.500. The van der Waals surface area contributed by atoms with Crippen LogP contribution in [-0.4, -0.2) is 22.7 Å². The number of nitrogens with two attached hydrogens (primary N) is 1. The Bertz CT molecular complexity index is 429. The highest BCUT2D eigenvalue weighted by atomic mass is 19.4. The maximum absolute atomic E-state index is 12.4. The van der Waals surface area contributed by atoms with Crippen molar-refractivity contribution in [2.24, 2.45) is 5.84 Å². The second-order valence-corrected chi connectivity index (χ2v) is 3.40. The molecule has 11 heteroatoms. The van der Waals surface area contributed by atoms with Crippen molar-refractivity contribution in [2.75, 3.05) is 17.3 Å². The third kappa shape index (κ3) is 5.16. The lowest BCUT2D eigenvalue weighted by molar-refractivity contribution is -0.141. The molecule has 0 unspecified atom stereocenters. The van der Waals surface area contributed by atoms with E-state index < -0.39 is 42.8 Å². The Hall–Kier alpha value is -1.78. The topological polar surface area (TPSA) is 75.9 Å². The van der Waals surface area contributed by atoms with Gasteiger partial charge in [0.1, 0.15) is 5.82 Å². The minimum absolute atomic E-state index is 0.403.